The Kier molecular flexibility index (Phi) is 5.47. The third kappa shape index (κ3) is 4.66. The highest BCUT2D eigenvalue weighted by molar-refractivity contribution is 7.89. The SMILES string of the molecule is CCc1ccc(S(=O)(=O)NCc2ccc(Oc3nccs3)cc2)cc1. The lowest BCUT2D eigenvalue weighted by Crippen LogP contribution is -2.23. The highest BCUT2D eigenvalue weighted by Gasteiger charge is 2.13. The van der Waals surface area contributed by atoms with Crippen LogP contribution in [-0.4, -0.2) is 13.4 Å². The maximum absolute atomic E-state index is 12.3. The van der Waals surface area contributed by atoms with Crippen LogP contribution in [0.1, 0.15) is 18.1 Å². The predicted octanol–water partition coefficient (Wildman–Crippen LogP) is 3.98. The standard InChI is InChI=1S/C18H18N2O3S2/c1-2-14-5-9-17(10-6-14)25(21,22)20-13-15-3-7-16(8-4-15)23-18-19-11-12-24-18/h3-12,20H,2,13H2,1H3. The van der Waals surface area contributed by atoms with Crippen molar-refractivity contribution < 1.29 is 13.2 Å². The van der Waals surface area contributed by atoms with Crippen molar-refractivity contribution in [3.8, 4) is 10.9 Å². The van der Waals surface area contributed by atoms with Gasteiger partial charge in [-0.3, -0.25) is 0 Å². The van der Waals surface area contributed by atoms with Crippen molar-refractivity contribution in [2.75, 3.05) is 0 Å². The van der Waals surface area contributed by atoms with Crippen molar-refractivity contribution in [1.29, 1.82) is 0 Å². The van der Waals surface area contributed by atoms with E-state index in [1.165, 1.54) is 11.3 Å². The lowest BCUT2D eigenvalue weighted by atomic mass is 10.2. The van der Waals surface area contributed by atoms with E-state index in [9.17, 15) is 8.42 Å². The first-order chi connectivity index (χ1) is 12.1. The molecular formula is C18H18N2O3S2. The Morgan fingerprint density at radius 3 is 2.32 bits per heavy atom. The molecule has 1 N–H and O–H groups in total. The minimum Gasteiger partial charge on any atom is -0.431 e. The van der Waals surface area contributed by atoms with Gasteiger partial charge >= 0.3 is 0 Å². The van der Waals surface area contributed by atoms with Crippen LogP contribution in [0.3, 0.4) is 0 Å². The van der Waals surface area contributed by atoms with Gasteiger partial charge in [-0.25, -0.2) is 18.1 Å². The van der Waals surface area contributed by atoms with Crippen molar-refractivity contribution in [2.45, 2.75) is 24.8 Å². The zero-order chi connectivity index (χ0) is 17.7. The van der Waals surface area contributed by atoms with Gasteiger partial charge in [0.2, 0.25) is 10.0 Å². The molecule has 0 aliphatic rings. The van der Waals surface area contributed by atoms with E-state index in [1.807, 2.05) is 36.6 Å². The molecule has 130 valence electrons. The highest BCUT2D eigenvalue weighted by Crippen LogP contribution is 2.23. The first-order valence-corrected chi connectivity index (χ1v) is 10.2. The summed E-state index contributed by atoms with van der Waals surface area (Å²) in [5.74, 6) is 0.664. The van der Waals surface area contributed by atoms with Gasteiger partial charge in [-0.2, -0.15) is 0 Å². The number of ether oxygens (including phenoxy) is 1. The summed E-state index contributed by atoms with van der Waals surface area (Å²) in [6, 6.07) is 14.2. The molecule has 25 heavy (non-hydrogen) atoms. The van der Waals surface area contributed by atoms with Crippen LogP contribution < -0.4 is 9.46 Å². The summed E-state index contributed by atoms with van der Waals surface area (Å²) in [4.78, 5) is 4.32. The van der Waals surface area contributed by atoms with Gasteiger partial charge in [0.25, 0.3) is 5.19 Å². The Balaban J connectivity index is 1.62. The van der Waals surface area contributed by atoms with Crippen LogP contribution in [0, 0.1) is 0 Å². The molecule has 0 saturated carbocycles. The van der Waals surface area contributed by atoms with E-state index in [1.54, 1.807) is 30.5 Å². The van der Waals surface area contributed by atoms with E-state index in [0.29, 0.717) is 10.9 Å². The number of thiazole rings is 1. The second-order valence-corrected chi connectivity index (χ2v) is 7.99. The second-order valence-electron chi connectivity index (χ2n) is 5.37. The number of sulfonamides is 1. The van der Waals surface area contributed by atoms with Crippen molar-refractivity contribution in [1.82, 2.24) is 9.71 Å². The van der Waals surface area contributed by atoms with Gasteiger partial charge in [-0.1, -0.05) is 42.5 Å². The summed E-state index contributed by atoms with van der Waals surface area (Å²) in [7, 11) is -3.52. The Hall–Kier alpha value is -2.22. The summed E-state index contributed by atoms with van der Waals surface area (Å²) in [5, 5.41) is 2.41. The van der Waals surface area contributed by atoms with E-state index in [2.05, 4.69) is 9.71 Å². The Labute approximate surface area is 151 Å². The third-order valence-corrected chi connectivity index (χ3v) is 5.71. The zero-order valence-electron chi connectivity index (χ0n) is 13.7. The molecule has 0 saturated heterocycles. The van der Waals surface area contributed by atoms with Gasteiger partial charge in [0, 0.05) is 18.1 Å². The number of nitrogens with zero attached hydrogens (tertiary/aromatic N) is 1. The van der Waals surface area contributed by atoms with E-state index in [4.69, 9.17) is 4.74 Å². The largest absolute Gasteiger partial charge is 0.431 e. The smallest absolute Gasteiger partial charge is 0.278 e. The summed E-state index contributed by atoms with van der Waals surface area (Å²) in [5.41, 5.74) is 1.95. The monoisotopic (exact) mass is 374 g/mol. The van der Waals surface area contributed by atoms with Crippen LogP contribution in [0.5, 0.6) is 10.9 Å². The van der Waals surface area contributed by atoms with Crippen molar-refractivity contribution in [3.63, 3.8) is 0 Å². The molecule has 0 spiro atoms. The van der Waals surface area contributed by atoms with Crippen molar-refractivity contribution in [2.24, 2.45) is 0 Å². The number of aromatic nitrogens is 1. The molecule has 0 radical (unpaired) electrons. The second kappa shape index (κ2) is 7.77. The van der Waals surface area contributed by atoms with E-state index < -0.39 is 10.0 Å². The average molecular weight is 374 g/mol. The molecular weight excluding hydrogens is 356 g/mol. The normalized spacial score (nSPS) is 11.4. The van der Waals surface area contributed by atoms with Crippen LogP contribution in [0.2, 0.25) is 0 Å². The van der Waals surface area contributed by atoms with Gasteiger partial charge in [-0.05, 0) is 41.8 Å². The molecule has 0 fully saturated rings. The van der Waals surface area contributed by atoms with Crippen LogP contribution in [0.15, 0.2) is 65.0 Å². The van der Waals surface area contributed by atoms with E-state index in [0.717, 1.165) is 17.5 Å². The van der Waals surface area contributed by atoms with E-state index >= 15 is 0 Å². The quantitative estimate of drug-likeness (QED) is 0.679. The van der Waals surface area contributed by atoms with Crippen molar-refractivity contribution >= 4 is 21.4 Å². The molecule has 7 heteroatoms. The Morgan fingerprint density at radius 2 is 1.72 bits per heavy atom. The number of nitrogens with one attached hydrogen (secondary N) is 1. The maximum Gasteiger partial charge on any atom is 0.278 e. The topological polar surface area (TPSA) is 68.3 Å². The highest BCUT2D eigenvalue weighted by atomic mass is 32.2. The number of aryl methyl sites for hydroxylation is 1. The lowest BCUT2D eigenvalue weighted by molar-refractivity contribution is 0.478. The molecule has 0 atom stereocenters. The number of benzene rings is 2. The lowest BCUT2D eigenvalue weighted by Gasteiger charge is -2.08. The fourth-order valence-corrected chi connectivity index (χ4v) is 3.72. The minimum absolute atomic E-state index is 0.218. The fraction of sp³-hybridized carbons (Fsp3) is 0.167. The molecule has 1 heterocycles. The molecule has 0 bridgehead atoms. The summed E-state index contributed by atoms with van der Waals surface area (Å²) < 4.78 is 32.9. The summed E-state index contributed by atoms with van der Waals surface area (Å²) >= 11 is 1.41. The van der Waals surface area contributed by atoms with Crippen molar-refractivity contribution in [3.05, 3.63) is 71.2 Å². The molecule has 0 aliphatic heterocycles. The zero-order valence-corrected chi connectivity index (χ0v) is 15.3. The molecule has 0 unspecified atom stereocenters. The average Bonchev–Trinajstić information content (AvgIpc) is 3.14. The van der Waals surface area contributed by atoms with Gasteiger partial charge in [-0.15, -0.1) is 0 Å². The fourth-order valence-electron chi connectivity index (χ4n) is 2.20. The van der Waals surface area contributed by atoms with Crippen LogP contribution in [0.4, 0.5) is 0 Å². The molecule has 5 nitrogen and oxygen atoms in total. The van der Waals surface area contributed by atoms with Crippen LogP contribution >= 0.6 is 11.3 Å². The molecule has 2 aromatic carbocycles. The van der Waals surface area contributed by atoms with Gasteiger partial charge in [0.05, 0.1) is 4.90 Å². The van der Waals surface area contributed by atoms with E-state index in [-0.39, 0.29) is 11.4 Å². The predicted molar refractivity (Wildman–Crippen MR) is 98.5 cm³/mol. The van der Waals surface area contributed by atoms with Crippen LogP contribution in [-0.2, 0) is 23.0 Å². The molecule has 0 aliphatic carbocycles. The molecule has 3 rings (SSSR count). The van der Waals surface area contributed by atoms with Gasteiger partial charge < -0.3 is 4.74 Å². The number of rotatable bonds is 7. The third-order valence-electron chi connectivity index (χ3n) is 3.65. The number of hydrogen-bond acceptors (Lipinski definition) is 5. The van der Waals surface area contributed by atoms with Gasteiger partial charge in [0.15, 0.2) is 0 Å². The molecule has 0 amide bonds. The van der Waals surface area contributed by atoms with Gasteiger partial charge in [0.1, 0.15) is 5.75 Å². The summed E-state index contributed by atoms with van der Waals surface area (Å²) in [6.45, 7) is 2.25. The maximum atomic E-state index is 12.3. The number of hydrogen-bond donors (Lipinski definition) is 1. The Bertz CT molecular complexity index is 904. The molecule has 3 aromatic rings. The first-order valence-electron chi connectivity index (χ1n) is 7.82. The molecule has 1 aromatic heterocycles. The first kappa shape index (κ1) is 17.6. The van der Waals surface area contributed by atoms with Crippen LogP contribution in [0.25, 0.3) is 0 Å². The minimum atomic E-state index is -3.52. The summed E-state index contributed by atoms with van der Waals surface area (Å²) in [6.07, 6.45) is 2.55. The Morgan fingerprint density at radius 1 is 1.04 bits per heavy atom.